The van der Waals surface area contributed by atoms with Gasteiger partial charge in [0.05, 0.1) is 0 Å². The highest BCUT2D eigenvalue weighted by atomic mass is 35.5. The van der Waals surface area contributed by atoms with E-state index in [9.17, 15) is 14.3 Å². The average Bonchev–Trinajstić information content (AvgIpc) is 2.30. The Morgan fingerprint density at radius 3 is 2.29 bits per heavy atom. The molecule has 0 saturated carbocycles. The summed E-state index contributed by atoms with van der Waals surface area (Å²) < 4.78 is 12.7. The predicted octanol–water partition coefficient (Wildman–Crippen LogP) is 1.54. The number of carbonyl (C=O) groups excluding carboxylic acids is 1. The van der Waals surface area contributed by atoms with Crippen LogP contribution in [0.25, 0.3) is 0 Å². The van der Waals surface area contributed by atoms with Crippen LogP contribution in [-0.2, 0) is 0 Å². The van der Waals surface area contributed by atoms with Gasteiger partial charge in [0.15, 0.2) is 5.78 Å². The Morgan fingerprint density at radius 2 is 1.76 bits per heavy atom. The van der Waals surface area contributed by atoms with Crippen LogP contribution >= 0.6 is 12.4 Å². The van der Waals surface area contributed by atoms with Gasteiger partial charge >= 0.3 is 0 Å². The maximum atomic E-state index is 12.7. The minimum absolute atomic E-state index is 0. The standard InChI is InChI=1S/C12H14FNO2.ClH/c13-10-3-1-9(2-4-10)11(15)12(16)5-7-14-8-6-12;/h1-4,14,16H,5-8H2;1H. The first kappa shape index (κ1) is 14.1. The maximum Gasteiger partial charge on any atom is 0.194 e. The summed E-state index contributed by atoms with van der Waals surface area (Å²) in [7, 11) is 0. The van der Waals surface area contributed by atoms with Crippen molar-refractivity contribution < 1.29 is 14.3 Å². The Balaban J connectivity index is 0.00000144. The summed E-state index contributed by atoms with van der Waals surface area (Å²) in [6.45, 7) is 1.26. The fourth-order valence-corrected chi connectivity index (χ4v) is 1.94. The number of halogens is 2. The van der Waals surface area contributed by atoms with Gasteiger partial charge in [-0.25, -0.2) is 4.39 Å². The van der Waals surface area contributed by atoms with Crippen molar-refractivity contribution in [3.8, 4) is 0 Å². The van der Waals surface area contributed by atoms with E-state index in [-0.39, 0.29) is 24.0 Å². The number of aliphatic hydroxyl groups is 1. The maximum absolute atomic E-state index is 12.7. The molecule has 0 amide bonds. The smallest absolute Gasteiger partial charge is 0.194 e. The molecule has 1 aliphatic rings. The number of piperidine rings is 1. The van der Waals surface area contributed by atoms with Crippen LogP contribution in [0.4, 0.5) is 4.39 Å². The van der Waals surface area contributed by atoms with Crippen molar-refractivity contribution in [3.05, 3.63) is 35.6 Å². The molecule has 0 radical (unpaired) electrons. The number of nitrogens with one attached hydrogen (secondary N) is 1. The number of Topliss-reactive ketones (excluding diaryl/α,β-unsaturated/α-hetero) is 1. The third kappa shape index (κ3) is 3.03. The van der Waals surface area contributed by atoms with Crippen molar-refractivity contribution in [3.63, 3.8) is 0 Å². The summed E-state index contributed by atoms with van der Waals surface area (Å²) in [5, 5.41) is 13.3. The van der Waals surface area contributed by atoms with Gasteiger partial charge in [0.25, 0.3) is 0 Å². The largest absolute Gasteiger partial charge is 0.382 e. The van der Waals surface area contributed by atoms with Gasteiger partial charge in [0, 0.05) is 5.56 Å². The first-order valence-electron chi connectivity index (χ1n) is 5.35. The van der Waals surface area contributed by atoms with Gasteiger partial charge in [-0.2, -0.15) is 0 Å². The first-order chi connectivity index (χ1) is 7.62. The summed E-state index contributed by atoms with van der Waals surface area (Å²) >= 11 is 0. The van der Waals surface area contributed by atoms with Gasteiger partial charge in [0.1, 0.15) is 11.4 Å². The Labute approximate surface area is 105 Å². The molecule has 0 unspecified atom stereocenters. The molecule has 0 spiro atoms. The molecule has 0 bridgehead atoms. The van der Waals surface area contributed by atoms with E-state index in [1.807, 2.05) is 0 Å². The molecule has 1 saturated heterocycles. The number of benzene rings is 1. The summed E-state index contributed by atoms with van der Waals surface area (Å²) in [4.78, 5) is 12.0. The van der Waals surface area contributed by atoms with Crippen molar-refractivity contribution in [1.82, 2.24) is 5.32 Å². The zero-order valence-electron chi connectivity index (χ0n) is 9.28. The molecule has 1 aromatic carbocycles. The van der Waals surface area contributed by atoms with E-state index in [4.69, 9.17) is 0 Å². The summed E-state index contributed by atoms with van der Waals surface area (Å²) in [6, 6.07) is 5.30. The monoisotopic (exact) mass is 259 g/mol. The van der Waals surface area contributed by atoms with E-state index in [1.54, 1.807) is 0 Å². The normalized spacial score (nSPS) is 18.2. The summed E-state index contributed by atoms with van der Waals surface area (Å²) in [6.07, 6.45) is 0.812. The second-order valence-electron chi connectivity index (χ2n) is 4.12. The molecule has 0 aliphatic carbocycles. The fraction of sp³-hybridized carbons (Fsp3) is 0.417. The zero-order valence-corrected chi connectivity index (χ0v) is 10.1. The third-order valence-corrected chi connectivity index (χ3v) is 2.96. The molecule has 0 atom stereocenters. The molecular weight excluding hydrogens is 245 g/mol. The van der Waals surface area contributed by atoms with Crippen molar-refractivity contribution >= 4 is 18.2 Å². The van der Waals surface area contributed by atoms with Crippen molar-refractivity contribution in [2.75, 3.05) is 13.1 Å². The average molecular weight is 260 g/mol. The molecule has 94 valence electrons. The van der Waals surface area contributed by atoms with E-state index in [1.165, 1.54) is 24.3 Å². The number of hydrogen-bond donors (Lipinski definition) is 2. The molecule has 1 heterocycles. The number of hydrogen-bond acceptors (Lipinski definition) is 3. The number of ketones is 1. The molecule has 1 fully saturated rings. The predicted molar refractivity (Wildman–Crippen MR) is 65.0 cm³/mol. The van der Waals surface area contributed by atoms with Gasteiger partial charge in [0.2, 0.25) is 0 Å². The lowest BCUT2D eigenvalue weighted by atomic mass is 9.85. The third-order valence-electron chi connectivity index (χ3n) is 2.96. The van der Waals surface area contributed by atoms with Crippen LogP contribution < -0.4 is 5.32 Å². The molecule has 2 N–H and O–H groups in total. The van der Waals surface area contributed by atoms with E-state index >= 15 is 0 Å². The molecule has 1 aromatic rings. The van der Waals surface area contributed by atoms with Crippen molar-refractivity contribution in [2.45, 2.75) is 18.4 Å². The van der Waals surface area contributed by atoms with E-state index in [2.05, 4.69) is 5.32 Å². The van der Waals surface area contributed by atoms with E-state index in [0.717, 1.165) is 0 Å². The Hall–Kier alpha value is -0.970. The van der Waals surface area contributed by atoms with Crippen LogP contribution in [0.3, 0.4) is 0 Å². The molecule has 17 heavy (non-hydrogen) atoms. The SMILES string of the molecule is Cl.O=C(c1ccc(F)cc1)C1(O)CCNCC1. The molecule has 3 nitrogen and oxygen atoms in total. The van der Waals surface area contributed by atoms with Gasteiger partial charge in [-0.1, -0.05) is 0 Å². The fourth-order valence-electron chi connectivity index (χ4n) is 1.94. The van der Waals surface area contributed by atoms with Gasteiger partial charge in [-0.15, -0.1) is 12.4 Å². The van der Waals surface area contributed by atoms with Crippen LogP contribution in [-0.4, -0.2) is 29.6 Å². The second kappa shape index (κ2) is 5.58. The van der Waals surface area contributed by atoms with Crippen LogP contribution in [0.2, 0.25) is 0 Å². The summed E-state index contributed by atoms with van der Waals surface area (Å²) in [5.41, 5.74) is -0.922. The van der Waals surface area contributed by atoms with Gasteiger partial charge in [-0.3, -0.25) is 4.79 Å². The Morgan fingerprint density at radius 1 is 1.24 bits per heavy atom. The lowest BCUT2D eigenvalue weighted by molar-refractivity contribution is 0.0155. The lowest BCUT2D eigenvalue weighted by Crippen LogP contribution is -2.47. The van der Waals surface area contributed by atoms with Gasteiger partial charge < -0.3 is 10.4 Å². The molecule has 2 rings (SSSR count). The molecule has 1 aliphatic heterocycles. The number of carbonyl (C=O) groups is 1. The second-order valence-corrected chi connectivity index (χ2v) is 4.12. The highest BCUT2D eigenvalue weighted by Gasteiger charge is 2.37. The number of rotatable bonds is 2. The summed E-state index contributed by atoms with van der Waals surface area (Å²) in [5.74, 6) is -0.692. The van der Waals surface area contributed by atoms with Crippen LogP contribution in [0.15, 0.2) is 24.3 Å². The van der Waals surface area contributed by atoms with Crippen molar-refractivity contribution in [1.29, 1.82) is 0 Å². The Kier molecular flexibility index (Phi) is 4.62. The topological polar surface area (TPSA) is 49.3 Å². The highest BCUT2D eigenvalue weighted by molar-refractivity contribution is 6.02. The molecule has 5 heteroatoms. The molecular formula is C12H15ClFNO2. The van der Waals surface area contributed by atoms with Crippen molar-refractivity contribution in [2.24, 2.45) is 0 Å². The van der Waals surface area contributed by atoms with E-state index < -0.39 is 5.60 Å². The first-order valence-corrected chi connectivity index (χ1v) is 5.35. The van der Waals surface area contributed by atoms with E-state index in [0.29, 0.717) is 31.5 Å². The lowest BCUT2D eigenvalue weighted by Gasteiger charge is -2.31. The minimum atomic E-state index is -1.29. The zero-order chi connectivity index (χ0) is 11.6. The van der Waals surface area contributed by atoms with Gasteiger partial charge in [-0.05, 0) is 50.2 Å². The Bertz CT molecular complexity index is 388. The minimum Gasteiger partial charge on any atom is -0.382 e. The van der Waals surface area contributed by atoms with Crippen LogP contribution in [0.5, 0.6) is 0 Å². The highest BCUT2D eigenvalue weighted by Crippen LogP contribution is 2.23. The quantitative estimate of drug-likeness (QED) is 0.793. The van der Waals surface area contributed by atoms with Crippen LogP contribution in [0, 0.1) is 5.82 Å². The van der Waals surface area contributed by atoms with Crippen LogP contribution in [0.1, 0.15) is 23.2 Å². The molecule has 0 aromatic heterocycles.